The molecule has 2 N–H and O–H groups in total. The van der Waals surface area contributed by atoms with Gasteiger partial charge in [-0.1, -0.05) is 137 Å². The fourth-order valence-electron chi connectivity index (χ4n) is 4.95. The quantitative estimate of drug-likeness (QED) is 0.0159. The predicted molar refractivity (Wildman–Crippen MR) is 225 cm³/mol. The number of esters is 2. The highest BCUT2D eigenvalue weighted by molar-refractivity contribution is 7.46. The van der Waals surface area contributed by atoms with Crippen LogP contribution in [0.3, 0.4) is 0 Å². The van der Waals surface area contributed by atoms with Crippen LogP contribution in [0.15, 0.2) is 97.2 Å². The number of ketones is 1. The maximum atomic E-state index is 12.4. The van der Waals surface area contributed by atoms with Crippen molar-refractivity contribution in [2.45, 2.75) is 155 Å². The third kappa shape index (κ3) is 41.6. The highest BCUT2D eigenvalue weighted by Crippen LogP contribution is 2.36. The van der Waals surface area contributed by atoms with E-state index in [1.165, 1.54) is 51.0 Å². The molecule has 0 saturated heterocycles. The second-order valence-corrected chi connectivity index (χ2v) is 14.5. The van der Waals surface area contributed by atoms with Crippen LogP contribution in [0.4, 0.5) is 0 Å². The number of ether oxygens (including phenoxy) is 2. The van der Waals surface area contributed by atoms with Crippen molar-refractivity contribution in [2.24, 2.45) is 0 Å². The zero-order valence-corrected chi connectivity index (χ0v) is 34.7. The summed E-state index contributed by atoms with van der Waals surface area (Å²) >= 11 is 0. The highest BCUT2D eigenvalue weighted by atomic mass is 31.2. The highest BCUT2D eigenvalue weighted by Gasteiger charge is 2.23. The standard InChI is InChI=1S/C45H71O9P/c1-3-5-7-9-11-13-15-17-18-19-20-21-22-24-26-28-30-32-34-38-44(47)52-40-43(41-53-55(49,50)51)54-45(48)39-35-37-42(46)36-33-31-29-27-25-23-16-14-12-10-8-6-4-2/h11-14,17-18,20-21,23-26,29,31,33,36,43H,3-10,15-16,19,22,27-28,30,32,34-35,37-41H2,1-2H3,(H2,49,50,51)/b13-11-,14-12-,18-17-,21-20-,25-23-,26-24-,31-29-,36-33+/t43-/m1/s1. The second kappa shape index (κ2) is 38.9. The Hall–Kier alpha value is -3.36. The molecule has 10 heteroatoms. The summed E-state index contributed by atoms with van der Waals surface area (Å²) in [5, 5.41) is 0. The van der Waals surface area contributed by atoms with E-state index in [1.54, 1.807) is 12.2 Å². The minimum absolute atomic E-state index is 0.0902. The first-order valence-corrected chi connectivity index (χ1v) is 22.0. The van der Waals surface area contributed by atoms with Gasteiger partial charge >= 0.3 is 19.8 Å². The van der Waals surface area contributed by atoms with Crippen LogP contribution in [-0.4, -0.2) is 46.8 Å². The molecule has 0 fully saturated rings. The lowest BCUT2D eigenvalue weighted by atomic mass is 10.1. The number of unbranched alkanes of at least 4 members (excludes halogenated alkanes) is 9. The van der Waals surface area contributed by atoms with Crippen LogP contribution >= 0.6 is 7.82 Å². The van der Waals surface area contributed by atoms with Gasteiger partial charge in [0.15, 0.2) is 11.9 Å². The van der Waals surface area contributed by atoms with Gasteiger partial charge in [-0.2, -0.15) is 0 Å². The van der Waals surface area contributed by atoms with Gasteiger partial charge in [0.1, 0.15) is 6.61 Å². The van der Waals surface area contributed by atoms with Crippen molar-refractivity contribution >= 4 is 25.5 Å². The van der Waals surface area contributed by atoms with Crippen molar-refractivity contribution in [3.63, 3.8) is 0 Å². The van der Waals surface area contributed by atoms with Crippen LogP contribution in [-0.2, 0) is 32.9 Å². The Labute approximate surface area is 332 Å². The Morgan fingerprint density at radius 1 is 0.527 bits per heavy atom. The van der Waals surface area contributed by atoms with Crippen molar-refractivity contribution in [2.75, 3.05) is 13.2 Å². The van der Waals surface area contributed by atoms with Gasteiger partial charge in [0.25, 0.3) is 0 Å². The number of rotatable bonds is 36. The lowest BCUT2D eigenvalue weighted by Crippen LogP contribution is -2.29. The third-order valence-electron chi connectivity index (χ3n) is 8.05. The maximum absolute atomic E-state index is 12.4. The lowest BCUT2D eigenvalue weighted by molar-refractivity contribution is -0.161. The van der Waals surface area contributed by atoms with Gasteiger partial charge < -0.3 is 19.3 Å². The van der Waals surface area contributed by atoms with Crippen molar-refractivity contribution in [3.05, 3.63) is 97.2 Å². The molecule has 0 unspecified atom stereocenters. The summed E-state index contributed by atoms with van der Waals surface area (Å²) in [5.41, 5.74) is 0. The molecule has 0 rings (SSSR count). The van der Waals surface area contributed by atoms with Gasteiger partial charge in [-0.05, 0) is 89.5 Å². The molecule has 0 bridgehead atoms. The summed E-state index contributed by atoms with van der Waals surface area (Å²) in [6, 6.07) is 0. The molecule has 0 aromatic carbocycles. The molecule has 0 aromatic rings. The molecule has 0 saturated carbocycles. The zero-order chi connectivity index (χ0) is 40.5. The number of hydrogen-bond acceptors (Lipinski definition) is 7. The van der Waals surface area contributed by atoms with E-state index in [1.807, 2.05) is 6.08 Å². The second-order valence-electron chi connectivity index (χ2n) is 13.3. The molecule has 0 heterocycles. The molecule has 0 radical (unpaired) electrons. The zero-order valence-electron chi connectivity index (χ0n) is 33.8. The molecule has 1 atom stereocenters. The van der Waals surface area contributed by atoms with Crippen molar-refractivity contribution in [1.29, 1.82) is 0 Å². The number of hydrogen-bond donors (Lipinski definition) is 2. The van der Waals surface area contributed by atoms with E-state index >= 15 is 0 Å². The van der Waals surface area contributed by atoms with Gasteiger partial charge in [-0.25, -0.2) is 4.57 Å². The van der Waals surface area contributed by atoms with E-state index in [2.05, 4.69) is 91.3 Å². The number of phosphoric ester groups is 1. The average Bonchev–Trinajstić information content (AvgIpc) is 3.15. The first-order valence-electron chi connectivity index (χ1n) is 20.5. The Kier molecular flexibility index (Phi) is 36.5. The monoisotopic (exact) mass is 786 g/mol. The van der Waals surface area contributed by atoms with E-state index in [0.29, 0.717) is 6.42 Å². The Morgan fingerprint density at radius 2 is 1.00 bits per heavy atom. The fraction of sp³-hybridized carbons (Fsp3) is 0.578. The molecular weight excluding hydrogens is 715 g/mol. The molecule has 0 amide bonds. The van der Waals surface area contributed by atoms with E-state index in [0.717, 1.165) is 57.8 Å². The topological polar surface area (TPSA) is 136 Å². The summed E-state index contributed by atoms with van der Waals surface area (Å²) in [6.07, 6.45) is 49.9. The first kappa shape index (κ1) is 51.6. The maximum Gasteiger partial charge on any atom is 0.469 e. The summed E-state index contributed by atoms with van der Waals surface area (Å²) in [4.78, 5) is 54.9. The van der Waals surface area contributed by atoms with E-state index < -0.39 is 39.1 Å². The van der Waals surface area contributed by atoms with Gasteiger partial charge in [0, 0.05) is 19.3 Å². The summed E-state index contributed by atoms with van der Waals surface area (Å²) < 4.78 is 26.1. The van der Waals surface area contributed by atoms with Crippen molar-refractivity contribution < 1.29 is 42.7 Å². The van der Waals surface area contributed by atoms with Crippen LogP contribution < -0.4 is 0 Å². The van der Waals surface area contributed by atoms with E-state index in [9.17, 15) is 18.9 Å². The molecule has 0 spiro atoms. The molecule has 310 valence electrons. The SMILES string of the molecule is CCCCC/C=C\C/C=C\C/C=C\C=C\C(=O)CCCC(=O)O[C@H](COC(=O)CCCCC/C=C\C/C=C\C/C=C\C/C=C\CCCCC)COP(=O)(O)O. The van der Waals surface area contributed by atoms with Crippen LogP contribution in [0.25, 0.3) is 0 Å². The van der Waals surface area contributed by atoms with E-state index in [-0.39, 0.29) is 31.5 Å². The Morgan fingerprint density at radius 3 is 1.51 bits per heavy atom. The number of phosphoric acid groups is 1. The first-order chi connectivity index (χ1) is 26.7. The number of allylic oxidation sites excluding steroid dienone is 16. The molecule has 0 aliphatic carbocycles. The Balaban J connectivity index is 4.22. The van der Waals surface area contributed by atoms with Crippen LogP contribution in [0.1, 0.15) is 149 Å². The summed E-state index contributed by atoms with van der Waals surface area (Å²) in [7, 11) is -4.83. The molecule has 9 nitrogen and oxygen atoms in total. The molecule has 0 aliphatic rings. The normalized spacial score (nSPS) is 13.4. The van der Waals surface area contributed by atoms with Crippen LogP contribution in [0, 0.1) is 0 Å². The number of carbonyl (C=O) groups is 3. The third-order valence-corrected chi connectivity index (χ3v) is 8.54. The summed E-state index contributed by atoms with van der Waals surface area (Å²) in [5.74, 6) is -1.33. The van der Waals surface area contributed by atoms with E-state index in [4.69, 9.17) is 19.3 Å². The smallest absolute Gasteiger partial charge is 0.462 e. The van der Waals surface area contributed by atoms with Gasteiger partial charge in [0.05, 0.1) is 6.61 Å². The van der Waals surface area contributed by atoms with Crippen molar-refractivity contribution in [1.82, 2.24) is 0 Å². The van der Waals surface area contributed by atoms with Gasteiger partial charge in [-0.15, -0.1) is 0 Å². The van der Waals surface area contributed by atoms with Crippen LogP contribution in [0.5, 0.6) is 0 Å². The number of carbonyl (C=O) groups excluding carboxylic acids is 3. The summed E-state index contributed by atoms with van der Waals surface area (Å²) in [6.45, 7) is 3.38. The predicted octanol–water partition coefficient (Wildman–Crippen LogP) is 11.8. The largest absolute Gasteiger partial charge is 0.469 e. The molecule has 0 aromatic heterocycles. The van der Waals surface area contributed by atoms with Crippen molar-refractivity contribution in [3.8, 4) is 0 Å². The minimum Gasteiger partial charge on any atom is -0.462 e. The Bertz CT molecular complexity index is 1270. The van der Waals surface area contributed by atoms with Gasteiger partial charge in [-0.3, -0.25) is 18.9 Å². The molecule has 55 heavy (non-hydrogen) atoms. The molecule has 0 aliphatic heterocycles. The van der Waals surface area contributed by atoms with Crippen LogP contribution in [0.2, 0.25) is 0 Å². The minimum atomic E-state index is -4.83. The fourth-order valence-corrected chi connectivity index (χ4v) is 5.32. The lowest BCUT2D eigenvalue weighted by Gasteiger charge is -2.18. The molecular formula is C45H71O9P. The average molecular weight is 787 g/mol. The van der Waals surface area contributed by atoms with Gasteiger partial charge in [0.2, 0.25) is 0 Å².